The van der Waals surface area contributed by atoms with Crippen LogP contribution in [0.2, 0.25) is 0 Å². The van der Waals surface area contributed by atoms with E-state index in [0.717, 1.165) is 12.8 Å². The van der Waals surface area contributed by atoms with Crippen molar-refractivity contribution in [2.24, 2.45) is 5.92 Å². The molecule has 0 saturated carbocycles. The predicted octanol–water partition coefficient (Wildman–Crippen LogP) is 3.70. The van der Waals surface area contributed by atoms with Crippen LogP contribution in [0.4, 0.5) is 0 Å². The summed E-state index contributed by atoms with van der Waals surface area (Å²) < 4.78 is 0. The van der Waals surface area contributed by atoms with E-state index < -0.39 is 0 Å². The molecule has 0 aromatic heterocycles. The minimum absolute atomic E-state index is 0.200. The molecular weight excluding hydrogens is 172 g/mol. The Kier molecular flexibility index (Phi) is 7.50. The number of aliphatic hydroxyl groups excluding tert-OH is 1. The third-order valence-corrected chi connectivity index (χ3v) is 2.33. The van der Waals surface area contributed by atoms with Gasteiger partial charge in [0.05, 0.1) is 6.10 Å². The van der Waals surface area contributed by atoms with Gasteiger partial charge in [0.15, 0.2) is 0 Å². The van der Waals surface area contributed by atoms with E-state index in [9.17, 15) is 5.11 Å². The monoisotopic (exact) mass is 196 g/mol. The Hall–Kier alpha value is -0.560. The normalized spacial score (nSPS) is 14.6. The maximum atomic E-state index is 9.54. The number of rotatable bonds is 7. The molecule has 82 valence electrons. The molecule has 14 heavy (non-hydrogen) atoms. The van der Waals surface area contributed by atoms with Gasteiger partial charge in [-0.15, -0.1) is 6.58 Å². The number of aliphatic hydroxyl groups is 1. The van der Waals surface area contributed by atoms with Gasteiger partial charge in [0.1, 0.15) is 0 Å². The zero-order valence-electron chi connectivity index (χ0n) is 9.79. The fourth-order valence-electron chi connectivity index (χ4n) is 1.53. The highest BCUT2D eigenvalue weighted by molar-refractivity contribution is 4.92. The summed E-state index contributed by atoms with van der Waals surface area (Å²) in [6.45, 7) is 10.1. The Morgan fingerprint density at radius 3 is 2.57 bits per heavy atom. The molecule has 0 bridgehead atoms. The largest absolute Gasteiger partial charge is 0.393 e. The summed E-state index contributed by atoms with van der Waals surface area (Å²) in [6, 6.07) is 0. The zero-order chi connectivity index (χ0) is 11.0. The Labute approximate surface area is 88.5 Å². The number of hydrogen-bond donors (Lipinski definition) is 1. The molecule has 0 unspecified atom stereocenters. The lowest BCUT2D eigenvalue weighted by Crippen LogP contribution is -2.10. The number of allylic oxidation sites excluding steroid dienone is 2. The smallest absolute Gasteiger partial charge is 0.0577 e. The van der Waals surface area contributed by atoms with Crippen LogP contribution in [0.15, 0.2) is 24.3 Å². The SMILES string of the molecule is C=CC[C@H](O)C[C@H](C)CCC=C(C)C. The van der Waals surface area contributed by atoms with Crippen LogP contribution in [0.1, 0.15) is 46.5 Å². The highest BCUT2D eigenvalue weighted by Gasteiger charge is 2.07. The second-order valence-electron chi connectivity index (χ2n) is 4.38. The molecule has 2 atom stereocenters. The first-order chi connectivity index (χ1) is 6.56. The summed E-state index contributed by atoms with van der Waals surface area (Å²) in [6.07, 6.45) is 7.75. The Morgan fingerprint density at radius 2 is 2.07 bits per heavy atom. The van der Waals surface area contributed by atoms with Gasteiger partial charge in [0, 0.05) is 0 Å². The molecule has 0 amide bonds. The average Bonchev–Trinajstić information content (AvgIpc) is 2.03. The average molecular weight is 196 g/mol. The standard InChI is InChI=1S/C13H24O/c1-5-7-13(14)10-12(4)9-6-8-11(2)3/h5,8,12-14H,1,6-7,9-10H2,2-4H3/t12-,13+/m1/s1. The van der Waals surface area contributed by atoms with Gasteiger partial charge in [0.2, 0.25) is 0 Å². The van der Waals surface area contributed by atoms with E-state index in [0.29, 0.717) is 12.3 Å². The molecule has 0 aromatic rings. The van der Waals surface area contributed by atoms with Crippen molar-refractivity contribution in [3.63, 3.8) is 0 Å². The second-order valence-corrected chi connectivity index (χ2v) is 4.38. The lowest BCUT2D eigenvalue weighted by Gasteiger charge is -2.14. The van der Waals surface area contributed by atoms with Gasteiger partial charge < -0.3 is 5.11 Å². The molecule has 1 nitrogen and oxygen atoms in total. The van der Waals surface area contributed by atoms with Crippen LogP contribution in [0, 0.1) is 5.92 Å². The third kappa shape index (κ3) is 8.06. The van der Waals surface area contributed by atoms with Crippen molar-refractivity contribution in [3.05, 3.63) is 24.3 Å². The molecule has 0 aliphatic carbocycles. The molecule has 0 aliphatic rings. The molecule has 0 radical (unpaired) electrons. The maximum Gasteiger partial charge on any atom is 0.0577 e. The summed E-state index contributed by atoms with van der Waals surface area (Å²) in [5.74, 6) is 0.598. The summed E-state index contributed by atoms with van der Waals surface area (Å²) in [4.78, 5) is 0. The topological polar surface area (TPSA) is 20.2 Å². The first-order valence-corrected chi connectivity index (χ1v) is 5.48. The minimum Gasteiger partial charge on any atom is -0.393 e. The van der Waals surface area contributed by atoms with Crippen LogP contribution in [-0.4, -0.2) is 11.2 Å². The fraction of sp³-hybridized carbons (Fsp3) is 0.692. The van der Waals surface area contributed by atoms with Crippen molar-refractivity contribution in [1.29, 1.82) is 0 Å². The Morgan fingerprint density at radius 1 is 1.43 bits per heavy atom. The van der Waals surface area contributed by atoms with Crippen LogP contribution in [0.25, 0.3) is 0 Å². The molecule has 1 N–H and O–H groups in total. The summed E-state index contributed by atoms with van der Waals surface area (Å²) in [7, 11) is 0. The molecule has 0 heterocycles. The van der Waals surface area contributed by atoms with E-state index in [1.165, 1.54) is 12.0 Å². The molecular formula is C13H24O. The first kappa shape index (κ1) is 13.4. The van der Waals surface area contributed by atoms with Gasteiger partial charge in [-0.2, -0.15) is 0 Å². The van der Waals surface area contributed by atoms with E-state index in [1.54, 1.807) is 6.08 Å². The van der Waals surface area contributed by atoms with E-state index >= 15 is 0 Å². The van der Waals surface area contributed by atoms with Crippen molar-refractivity contribution in [1.82, 2.24) is 0 Å². The molecule has 0 spiro atoms. The summed E-state index contributed by atoms with van der Waals surface area (Å²) >= 11 is 0. The minimum atomic E-state index is -0.200. The highest BCUT2D eigenvalue weighted by Crippen LogP contribution is 2.15. The Balaban J connectivity index is 3.59. The summed E-state index contributed by atoms with van der Waals surface area (Å²) in [5.41, 5.74) is 1.38. The van der Waals surface area contributed by atoms with Crippen molar-refractivity contribution >= 4 is 0 Å². The molecule has 1 heteroatoms. The molecule has 0 aromatic carbocycles. The third-order valence-electron chi connectivity index (χ3n) is 2.33. The van der Waals surface area contributed by atoms with E-state index in [2.05, 4.69) is 33.4 Å². The maximum absolute atomic E-state index is 9.54. The van der Waals surface area contributed by atoms with Crippen molar-refractivity contribution in [2.75, 3.05) is 0 Å². The molecule has 0 fully saturated rings. The van der Waals surface area contributed by atoms with E-state index in [4.69, 9.17) is 0 Å². The van der Waals surface area contributed by atoms with Crippen molar-refractivity contribution in [2.45, 2.75) is 52.6 Å². The first-order valence-electron chi connectivity index (χ1n) is 5.48. The van der Waals surface area contributed by atoms with Crippen LogP contribution in [-0.2, 0) is 0 Å². The van der Waals surface area contributed by atoms with Gasteiger partial charge >= 0.3 is 0 Å². The lowest BCUT2D eigenvalue weighted by atomic mass is 9.96. The van der Waals surface area contributed by atoms with Crippen LogP contribution in [0.3, 0.4) is 0 Å². The summed E-state index contributed by atoms with van der Waals surface area (Å²) in [5, 5.41) is 9.54. The predicted molar refractivity (Wildman–Crippen MR) is 63.3 cm³/mol. The lowest BCUT2D eigenvalue weighted by molar-refractivity contribution is 0.146. The molecule has 0 aliphatic heterocycles. The van der Waals surface area contributed by atoms with E-state index in [-0.39, 0.29) is 6.10 Å². The van der Waals surface area contributed by atoms with Crippen molar-refractivity contribution < 1.29 is 5.11 Å². The van der Waals surface area contributed by atoms with E-state index in [1.807, 2.05) is 0 Å². The highest BCUT2D eigenvalue weighted by atomic mass is 16.3. The second kappa shape index (κ2) is 7.81. The quantitative estimate of drug-likeness (QED) is 0.616. The van der Waals surface area contributed by atoms with Gasteiger partial charge in [0.25, 0.3) is 0 Å². The fourth-order valence-corrected chi connectivity index (χ4v) is 1.53. The van der Waals surface area contributed by atoms with Crippen LogP contribution in [0.5, 0.6) is 0 Å². The number of hydrogen-bond acceptors (Lipinski definition) is 1. The Bertz CT molecular complexity index is 178. The van der Waals surface area contributed by atoms with Crippen molar-refractivity contribution in [3.8, 4) is 0 Å². The van der Waals surface area contributed by atoms with Gasteiger partial charge in [-0.1, -0.05) is 24.6 Å². The van der Waals surface area contributed by atoms with Gasteiger partial charge in [-0.05, 0) is 45.4 Å². The zero-order valence-corrected chi connectivity index (χ0v) is 9.79. The van der Waals surface area contributed by atoms with Crippen LogP contribution >= 0.6 is 0 Å². The van der Waals surface area contributed by atoms with Gasteiger partial charge in [-0.3, -0.25) is 0 Å². The van der Waals surface area contributed by atoms with Gasteiger partial charge in [-0.25, -0.2) is 0 Å². The molecule has 0 saturated heterocycles. The van der Waals surface area contributed by atoms with Crippen LogP contribution < -0.4 is 0 Å². The molecule has 0 rings (SSSR count).